The van der Waals surface area contributed by atoms with Gasteiger partial charge in [0.2, 0.25) is 11.8 Å². The maximum atomic E-state index is 11.9. The van der Waals surface area contributed by atoms with Crippen LogP contribution < -0.4 is 15.5 Å². The Morgan fingerprint density at radius 3 is 2.42 bits per heavy atom. The zero-order chi connectivity index (χ0) is 18.9. The number of hydrogen-bond donors (Lipinski definition) is 2. The highest BCUT2D eigenvalue weighted by atomic mass is 35.5. The lowest BCUT2D eigenvalue weighted by atomic mass is 10.2. The molecule has 8 heteroatoms. The second-order valence-electron chi connectivity index (χ2n) is 5.24. The number of halogens is 2. The molecular formula is C18H17Cl2N3O3. The highest BCUT2D eigenvalue weighted by Gasteiger charge is 2.07. The zero-order valence-electron chi connectivity index (χ0n) is 14.0. The fourth-order valence-corrected chi connectivity index (χ4v) is 2.42. The average Bonchev–Trinajstić information content (AvgIpc) is 2.62. The van der Waals surface area contributed by atoms with E-state index in [9.17, 15) is 9.59 Å². The molecule has 0 aromatic heterocycles. The number of hydrogen-bond acceptors (Lipinski definition) is 4. The number of ether oxygens (including phenoxy) is 1. The molecule has 0 aliphatic heterocycles. The van der Waals surface area contributed by atoms with Crippen molar-refractivity contribution in [2.24, 2.45) is 5.10 Å². The molecule has 0 unspecified atom stereocenters. The molecule has 0 heterocycles. The van der Waals surface area contributed by atoms with E-state index in [0.717, 1.165) is 0 Å². The van der Waals surface area contributed by atoms with Gasteiger partial charge in [-0.25, -0.2) is 5.43 Å². The first-order chi connectivity index (χ1) is 12.5. The van der Waals surface area contributed by atoms with E-state index in [0.29, 0.717) is 27.0 Å². The van der Waals surface area contributed by atoms with Gasteiger partial charge in [-0.05, 0) is 36.4 Å². The summed E-state index contributed by atoms with van der Waals surface area (Å²) in [5.74, 6) is 0.0484. The van der Waals surface area contributed by atoms with Gasteiger partial charge in [-0.3, -0.25) is 9.59 Å². The van der Waals surface area contributed by atoms with E-state index in [1.807, 2.05) is 0 Å². The van der Waals surface area contributed by atoms with Crippen LogP contribution in [0.2, 0.25) is 10.0 Å². The smallest absolute Gasteiger partial charge is 0.240 e. The van der Waals surface area contributed by atoms with E-state index in [-0.39, 0.29) is 24.7 Å². The number of benzene rings is 2. The first-order valence-electron chi connectivity index (χ1n) is 7.69. The van der Waals surface area contributed by atoms with E-state index in [1.54, 1.807) is 49.6 Å². The quantitative estimate of drug-likeness (QED) is 0.553. The zero-order valence-corrected chi connectivity index (χ0v) is 15.5. The largest absolute Gasteiger partial charge is 0.497 e. The van der Waals surface area contributed by atoms with Crippen LogP contribution in [0.3, 0.4) is 0 Å². The first kappa shape index (κ1) is 19.8. The summed E-state index contributed by atoms with van der Waals surface area (Å²) in [5, 5.41) is 7.45. The van der Waals surface area contributed by atoms with Gasteiger partial charge >= 0.3 is 0 Å². The van der Waals surface area contributed by atoms with Crippen LogP contribution in [0.15, 0.2) is 47.6 Å². The minimum Gasteiger partial charge on any atom is -0.497 e. The summed E-state index contributed by atoms with van der Waals surface area (Å²) in [5.41, 5.74) is 3.60. The monoisotopic (exact) mass is 393 g/mol. The molecule has 26 heavy (non-hydrogen) atoms. The minimum absolute atomic E-state index is 0.00762. The van der Waals surface area contributed by atoms with Crippen molar-refractivity contribution in [2.45, 2.75) is 12.8 Å². The van der Waals surface area contributed by atoms with Crippen molar-refractivity contribution < 1.29 is 14.3 Å². The molecule has 0 bridgehead atoms. The maximum Gasteiger partial charge on any atom is 0.240 e. The van der Waals surface area contributed by atoms with Crippen molar-refractivity contribution in [1.29, 1.82) is 0 Å². The fraction of sp³-hybridized carbons (Fsp3) is 0.167. The van der Waals surface area contributed by atoms with Gasteiger partial charge in [-0.15, -0.1) is 0 Å². The molecule has 136 valence electrons. The van der Waals surface area contributed by atoms with Crippen LogP contribution in [0.5, 0.6) is 5.75 Å². The summed E-state index contributed by atoms with van der Waals surface area (Å²) < 4.78 is 5.04. The molecule has 6 nitrogen and oxygen atoms in total. The summed E-state index contributed by atoms with van der Waals surface area (Å²) in [4.78, 5) is 23.6. The molecule has 0 aliphatic rings. The van der Waals surface area contributed by atoms with E-state index in [4.69, 9.17) is 27.9 Å². The van der Waals surface area contributed by atoms with Crippen molar-refractivity contribution in [3.05, 3.63) is 58.1 Å². The van der Waals surface area contributed by atoms with E-state index in [2.05, 4.69) is 15.8 Å². The Hall–Kier alpha value is -2.57. The van der Waals surface area contributed by atoms with Crippen molar-refractivity contribution in [2.75, 3.05) is 12.4 Å². The number of hydrazone groups is 1. The number of rotatable bonds is 7. The van der Waals surface area contributed by atoms with Crippen LogP contribution in [0.25, 0.3) is 0 Å². The molecular weight excluding hydrogens is 377 g/mol. The molecule has 0 fully saturated rings. The highest BCUT2D eigenvalue weighted by Crippen LogP contribution is 2.19. The van der Waals surface area contributed by atoms with Crippen LogP contribution in [0.1, 0.15) is 18.4 Å². The summed E-state index contributed by atoms with van der Waals surface area (Å²) in [6.45, 7) is 0. The summed E-state index contributed by atoms with van der Waals surface area (Å²) in [6, 6.07) is 11.8. The standard InChI is InChI=1S/C18H17Cl2N3O3/c1-26-15-6-4-14(5-7-15)22-17(24)8-9-18(25)23-21-11-12-2-3-13(19)10-16(12)20/h2-7,10-11H,8-9H2,1H3,(H,22,24)(H,23,25). The molecule has 0 radical (unpaired) electrons. The molecule has 0 spiro atoms. The third-order valence-corrected chi connectivity index (χ3v) is 3.87. The predicted octanol–water partition coefficient (Wildman–Crippen LogP) is 3.87. The molecule has 0 aliphatic carbocycles. The van der Waals surface area contributed by atoms with Gasteiger partial charge in [-0.1, -0.05) is 29.3 Å². The Labute approximate surface area is 161 Å². The van der Waals surface area contributed by atoms with Gasteiger partial charge in [0.05, 0.1) is 18.3 Å². The molecule has 2 rings (SSSR count). The number of nitrogens with zero attached hydrogens (tertiary/aromatic N) is 1. The van der Waals surface area contributed by atoms with Gasteiger partial charge in [-0.2, -0.15) is 5.10 Å². The lowest BCUT2D eigenvalue weighted by Gasteiger charge is -2.06. The van der Waals surface area contributed by atoms with Gasteiger partial charge < -0.3 is 10.1 Å². The molecule has 2 aromatic rings. The van der Waals surface area contributed by atoms with E-state index >= 15 is 0 Å². The second kappa shape index (κ2) is 9.79. The topological polar surface area (TPSA) is 79.8 Å². The number of carbonyl (C=O) groups excluding carboxylic acids is 2. The van der Waals surface area contributed by atoms with Crippen LogP contribution in [0.4, 0.5) is 5.69 Å². The Kier molecular flexibility index (Phi) is 7.44. The number of nitrogens with one attached hydrogen (secondary N) is 2. The van der Waals surface area contributed by atoms with Gasteiger partial charge in [0.25, 0.3) is 0 Å². The number of carbonyl (C=O) groups is 2. The highest BCUT2D eigenvalue weighted by molar-refractivity contribution is 6.36. The van der Waals surface area contributed by atoms with Crippen LogP contribution >= 0.6 is 23.2 Å². The third-order valence-electron chi connectivity index (χ3n) is 3.31. The minimum atomic E-state index is -0.379. The number of amides is 2. The lowest BCUT2D eigenvalue weighted by Crippen LogP contribution is -2.20. The molecule has 0 atom stereocenters. The Balaban J connectivity index is 1.75. The van der Waals surface area contributed by atoms with Crippen LogP contribution in [-0.4, -0.2) is 25.1 Å². The van der Waals surface area contributed by atoms with Crippen molar-refractivity contribution in [3.8, 4) is 5.75 Å². The summed E-state index contributed by atoms with van der Waals surface area (Å²) in [6.07, 6.45) is 1.46. The number of methoxy groups -OCH3 is 1. The van der Waals surface area contributed by atoms with E-state index in [1.165, 1.54) is 6.21 Å². The molecule has 0 saturated carbocycles. The van der Waals surface area contributed by atoms with Gasteiger partial charge in [0.1, 0.15) is 5.75 Å². The second-order valence-corrected chi connectivity index (χ2v) is 6.08. The van der Waals surface area contributed by atoms with E-state index < -0.39 is 0 Å². The fourth-order valence-electron chi connectivity index (χ4n) is 1.96. The summed E-state index contributed by atoms with van der Waals surface area (Å²) in [7, 11) is 1.57. The van der Waals surface area contributed by atoms with Crippen molar-refractivity contribution in [3.63, 3.8) is 0 Å². The summed E-state index contributed by atoms with van der Waals surface area (Å²) >= 11 is 11.8. The Morgan fingerprint density at radius 2 is 1.77 bits per heavy atom. The molecule has 2 amide bonds. The normalized spacial score (nSPS) is 10.6. The maximum absolute atomic E-state index is 11.9. The van der Waals surface area contributed by atoms with Gasteiger partial charge in [0.15, 0.2) is 0 Å². The lowest BCUT2D eigenvalue weighted by molar-refractivity contribution is -0.124. The Morgan fingerprint density at radius 1 is 1.08 bits per heavy atom. The molecule has 2 N–H and O–H groups in total. The molecule has 0 saturated heterocycles. The van der Waals surface area contributed by atoms with Gasteiger partial charge in [0, 0.05) is 29.1 Å². The Bertz CT molecular complexity index is 808. The predicted molar refractivity (Wildman–Crippen MR) is 103 cm³/mol. The third kappa shape index (κ3) is 6.38. The van der Waals surface area contributed by atoms with Crippen LogP contribution in [-0.2, 0) is 9.59 Å². The number of anilines is 1. The molecule has 2 aromatic carbocycles. The average molecular weight is 394 g/mol. The first-order valence-corrected chi connectivity index (χ1v) is 8.44. The van der Waals surface area contributed by atoms with Crippen molar-refractivity contribution in [1.82, 2.24) is 5.43 Å². The van der Waals surface area contributed by atoms with Crippen LogP contribution in [0, 0.1) is 0 Å². The SMILES string of the molecule is COc1ccc(NC(=O)CCC(=O)NN=Cc2ccc(Cl)cc2Cl)cc1. The van der Waals surface area contributed by atoms with Crippen molar-refractivity contribution >= 4 is 46.9 Å².